The van der Waals surface area contributed by atoms with Crippen LogP contribution in [0.3, 0.4) is 0 Å². The molecule has 0 unspecified atom stereocenters. The Morgan fingerprint density at radius 3 is 2.79 bits per heavy atom. The number of anilines is 1. The molecule has 0 bridgehead atoms. The fourth-order valence-corrected chi connectivity index (χ4v) is 1.76. The van der Waals surface area contributed by atoms with Gasteiger partial charge in [-0.3, -0.25) is 9.48 Å². The molecular weight excluding hydrogens is 242 g/mol. The SMILES string of the molecule is CC(=O)Nc1ccccc1CNCc1ncn(C)n1. The van der Waals surface area contributed by atoms with Crippen molar-refractivity contribution >= 4 is 11.6 Å². The van der Waals surface area contributed by atoms with Gasteiger partial charge in [0.2, 0.25) is 5.91 Å². The first kappa shape index (κ1) is 13.2. The van der Waals surface area contributed by atoms with E-state index in [2.05, 4.69) is 20.7 Å². The normalized spacial score (nSPS) is 10.4. The predicted octanol–water partition coefficient (Wildman–Crippen LogP) is 1.06. The summed E-state index contributed by atoms with van der Waals surface area (Å²) in [5, 5.41) is 10.3. The monoisotopic (exact) mass is 259 g/mol. The minimum atomic E-state index is -0.0705. The second-order valence-electron chi connectivity index (χ2n) is 4.28. The number of hydrogen-bond donors (Lipinski definition) is 2. The highest BCUT2D eigenvalue weighted by atomic mass is 16.1. The molecule has 1 aromatic carbocycles. The zero-order valence-electron chi connectivity index (χ0n) is 11.1. The van der Waals surface area contributed by atoms with Crippen molar-refractivity contribution in [3.8, 4) is 0 Å². The third-order valence-electron chi connectivity index (χ3n) is 2.57. The fourth-order valence-electron chi connectivity index (χ4n) is 1.76. The maximum atomic E-state index is 11.1. The first-order valence-electron chi connectivity index (χ1n) is 6.06. The van der Waals surface area contributed by atoms with Gasteiger partial charge in [0.25, 0.3) is 0 Å². The van der Waals surface area contributed by atoms with E-state index in [4.69, 9.17) is 0 Å². The van der Waals surface area contributed by atoms with Crippen LogP contribution in [0.4, 0.5) is 5.69 Å². The van der Waals surface area contributed by atoms with Crippen molar-refractivity contribution in [1.82, 2.24) is 20.1 Å². The number of nitrogens with zero attached hydrogens (tertiary/aromatic N) is 3. The van der Waals surface area contributed by atoms with Gasteiger partial charge in [0, 0.05) is 26.2 Å². The third kappa shape index (κ3) is 3.89. The van der Waals surface area contributed by atoms with Crippen molar-refractivity contribution in [1.29, 1.82) is 0 Å². The Labute approximate surface area is 111 Å². The van der Waals surface area contributed by atoms with Gasteiger partial charge < -0.3 is 10.6 Å². The zero-order valence-corrected chi connectivity index (χ0v) is 11.1. The molecule has 6 nitrogen and oxygen atoms in total. The average Bonchev–Trinajstić information content (AvgIpc) is 2.77. The molecule has 0 radical (unpaired) electrons. The van der Waals surface area contributed by atoms with E-state index < -0.39 is 0 Å². The second-order valence-corrected chi connectivity index (χ2v) is 4.28. The number of carbonyl (C=O) groups excluding carboxylic acids is 1. The molecule has 0 spiro atoms. The van der Waals surface area contributed by atoms with Gasteiger partial charge in [-0.05, 0) is 11.6 Å². The number of aromatic nitrogens is 3. The molecular formula is C13H17N5O. The van der Waals surface area contributed by atoms with Crippen molar-refractivity contribution in [2.45, 2.75) is 20.0 Å². The molecule has 19 heavy (non-hydrogen) atoms. The number of carbonyl (C=O) groups is 1. The van der Waals surface area contributed by atoms with E-state index in [9.17, 15) is 4.79 Å². The number of hydrogen-bond acceptors (Lipinski definition) is 4. The Morgan fingerprint density at radius 2 is 2.11 bits per heavy atom. The van der Waals surface area contributed by atoms with Crippen LogP contribution in [0.25, 0.3) is 0 Å². The summed E-state index contributed by atoms with van der Waals surface area (Å²) < 4.78 is 1.67. The number of benzene rings is 1. The van der Waals surface area contributed by atoms with Crippen LogP contribution in [-0.4, -0.2) is 20.7 Å². The number of aryl methyl sites for hydroxylation is 1. The van der Waals surface area contributed by atoms with Crippen molar-refractivity contribution in [3.63, 3.8) is 0 Å². The molecule has 1 amide bonds. The van der Waals surface area contributed by atoms with Crippen LogP contribution >= 0.6 is 0 Å². The van der Waals surface area contributed by atoms with Crippen LogP contribution < -0.4 is 10.6 Å². The highest BCUT2D eigenvalue weighted by Crippen LogP contribution is 2.14. The molecule has 0 saturated carbocycles. The Balaban J connectivity index is 1.93. The third-order valence-corrected chi connectivity index (χ3v) is 2.57. The minimum Gasteiger partial charge on any atom is -0.326 e. The first-order chi connectivity index (χ1) is 9.15. The maximum absolute atomic E-state index is 11.1. The Bertz CT molecular complexity index is 564. The quantitative estimate of drug-likeness (QED) is 0.842. The highest BCUT2D eigenvalue weighted by Gasteiger charge is 2.04. The van der Waals surface area contributed by atoms with E-state index in [0.29, 0.717) is 13.1 Å². The lowest BCUT2D eigenvalue weighted by molar-refractivity contribution is -0.114. The first-order valence-corrected chi connectivity index (χ1v) is 6.06. The summed E-state index contributed by atoms with van der Waals surface area (Å²) in [5.41, 5.74) is 1.87. The Morgan fingerprint density at radius 1 is 1.32 bits per heavy atom. The van der Waals surface area contributed by atoms with Crippen LogP contribution in [0.15, 0.2) is 30.6 Å². The summed E-state index contributed by atoms with van der Waals surface area (Å²) in [4.78, 5) is 15.2. The molecule has 2 rings (SSSR count). The Hall–Kier alpha value is -2.21. The van der Waals surface area contributed by atoms with Gasteiger partial charge in [0.15, 0.2) is 5.82 Å². The van der Waals surface area contributed by atoms with Crippen LogP contribution in [0.5, 0.6) is 0 Å². The summed E-state index contributed by atoms with van der Waals surface area (Å²) in [7, 11) is 1.84. The molecule has 0 aliphatic carbocycles. The largest absolute Gasteiger partial charge is 0.326 e. The number of rotatable bonds is 5. The number of nitrogens with one attached hydrogen (secondary N) is 2. The Kier molecular flexibility index (Phi) is 4.25. The summed E-state index contributed by atoms with van der Waals surface area (Å²) in [6, 6.07) is 7.71. The molecule has 6 heteroatoms. The van der Waals surface area contributed by atoms with Gasteiger partial charge >= 0.3 is 0 Å². The molecule has 0 aliphatic heterocycles. The lowest BCUT2D eigenvalue weighted by Crippen LogP contribution is -2.16. The lowest BCUT2D eigenvalue weighted by Gasteiger charge is -2.09. The second kappa shape index (κ2) is 6.10. The molecule has 0 aliphatic rings. The molecule has 1 heterocycles. The van der Waals surface area contributed by atoms with Gasteiger partial charge in [-0.2, -0.15) is 5.10 Å². The molecule has 0 saturated heterocycles. The van der Waals surface area contributed by atoms with Gasteiger partial charge in [0.1, 0.15) is 6.33 Å². The van der Waals surface area contributed by atoms with Crippen molar-refractivity contribution < 1.29 is 4.79 Å². The summed E-state index contributed by atoms with van der Waals surface area (Å²) in [6.07, 6.45) is 1.67. The predicted molar refractivity (Wildman–Crippen MR) is 72.3 cm³/mol. The van der Waals surface area contributed by atoms with E-state index in [0.717, 1.165) is 17.1 Å². The van der Waals surface area contributed by atoms with Crippen molar-refractivity contribution in [3.05, 3.63) is 42.0 Å². The maximum Gasteiger partial charge on any atom is 0.221 e. The van der Waals surface area contributed by atoms with Gasteiger partial charge in [0.05, 0.1) is 6.54 Å². The van der Waals surface area contributed by atoms with E-state index in [-0.39, 0.29) is 5.91 Å². The van der Waals surface area contributed by atoms with Crippen LogP contribution in [0.1, 0.15) is 18.3 Å². The topological polar surface area (TPSA) is 71.8 Å². The summed E-state index contributed by atoms with van der Waals surface area (Å²) in [5.74, 6) is 0.679. The molecule has 100 valence electrons. The molecule has 1 aromatic heterocycles. The van der Waals surface area contributed by atoms with E-state index in [1.807, 2.05) is 31.3 Å². The number of para-hydroxylation sites is 1. The highest BCUT2D eigenvalue weighted by molar-refractivity contribution is 5.89. The lowest BCUT2D eigenvalue weighted by atomic mass is 10.1. The van der Waals surface area contributed by atoms with Crippen LogP contribution in [0.2, 0.25) is 0 Å². The average molecular weight is 259 g/mol. The minimum absolute atomic E-state index is 0.0705. The van der Waals surface area contributed by atoms with Crippen molar-refractivity contribution in [2.24, 2.45) is 7.05 Å². The van der Waals surface area contributed by atoms with Gasteiger partial charge in [-0.15, -0.1) is 0 Å². The van der Waals surface area contributed by atoms with Crippen LogP contribution in [0, 0.1) is 0 Å². The standard InChI is InChI=1S/C13H17N5O/c1-10(19)16-12-6-4-3-5-11(12)7-14-8-13-15-9-18(2)17-13/h3-6,9,14H,7-8H2,1-2H3,(H,16,19). The molecule has 2 N–H and O–H groups in total. The molecule has 2 aromatic rings. The fraction of sp³-hybridized carbons (Fsp3) is 0.308. The smallest absolute Gasteiger partial charge is 0.221 e. The molecule has 0 atom stereocenters. The van der Waals surface area contributed by atoms with E-state index in [1.54, 1.807) is 11.0 Å². The molecule has 0 fully saturated rings. The van der Waals surface area contributed by atoms with Gasteiger partial charge in [-0.1, -0.05) is 18.2 Å². The summed E-state index contributed by atoms with van der Waals surface area (Å²) >= 11 is 0. The van der Waals surface area contributed by atoms with Crippen molar-refractivity contribution in [2.75, 3.05) is 5.32 Å². The van der Waals surface area contributed by atoms with Gasteiger partial charge in [-0.25, -0.2) is 4.98 Å². The summed E-state index contributed by atoms with van der Waals surface area (Å²) in [6.45, 7) is 2.74. The number of amides is 1. The van der Waals surface area contributed by atoms with E-state index in [1.165, 1.54) is 6.92 Å². The van der Waals surface area contributed by atoms with Crippen LogP contribution in [-0.2, 0) is 24.9 Å². The zero-order chi connectivity index (χ0) is 13.7. The van der Waals surface area contributed by atoms with E-state index >= 15 is 0 Å².